The van der Waals surface area contributed by atoms with E-state index in [1.54, 1.807) is 0 Å². The molecule has 0 radical (unpaired) electrons. The maximum atomic E-state index is 12.3. The van der Waals surface area contributed by atoms with Crippen LogP contribution in [-0.4, -0.2) is 27.4 Å². The Morgan fingerprint density at radius 3 is 2.15 bits per heavy atom. The van der Waals surface area contributed by atoms with E-state index in [2.05, 4.69) is 33.0 Å². The van der Waals surface area contributed by atoms with Crippen LogP contribution in [-0.2, 0) is 0 Å². The van der Waals surface area contributed by atoms with E-state index >= 15 is 0 Å². The molecule has 0 saturated carbocycles. The van der Waals surface area contributed by atoms with E-state index in [1.807, 2.05) is 34.8 Å². The molecule has 0 atom stereocenters. The molecule has 0 aromatic heterocycles. The molecular weight excluding hydrogens is 272 g/mol. The highest BCUT2D eigenvalue weighted by molar-refractivity contribution is 6.14. The zero-order valence-electron chi connectivity index (χ0n) is 12.6. The van der Waals surface area contributed by atoms with Gasteiger partial charge in [0.05, 0.1) is 0 Å². The molecular formula is C16H23ClN2O. The standard InChI is InChI=1S/C16H23ClN2O/c1-15(2)10-13(11-16(3,4)19(15)17)18-14(20)12-8-6-5-7-9-12/h5-9,13H,10-11H2,1-4H3,(H,18,20). The number of hydrogen-bond acceptors (Lipinski definition) is 2. The lowest BCUT2D eigenvalue weighted by molar-refractivity contribution is 0.0361. The van der Waals surface area contributed by atoms with Crippen molar-refractivity contribution in [2.24, 2.45) is 0 Å². The average molecular weight is 295 g/mol. The van der Waals surface area contributed by atoms with Crippen LogP contribution < -0.4 is 5.32 Å². The van der Waals surface area contributed by atoms with Gasteiger partial charge in [-0.05, 0) is 64.4 Å². The quantitative estimate of drug-likeness (QED) is 0.846. The maximum absolute atomic E-state index is 12.3. The number of piperidine rings is 1. The minimum atomic E-state index is -0.141. The first-order chi connectivity index (χ1) is 9.22. The monoisotopic (exact) mass is 294 g/mol. The number of hydrogen-bond donors (Lipinski definition) is 1. The van der Waals surface area contributed by atoms with E-state index < -0.39 is 0 Å². The Labute approximate surface area is 126 Å². The summed E-state index contributed by atoms with van der Waals surface area (Å²) in [4.78, 5) is 12.3. The van der Waals surface area contributed by atoms with E-state index in [0.29, 0.717) is 5.56 Å². The number of nitrogens with one attached hydrogen (secondary N) is 1. The van der Waals surface area contributed by atoms with Crippen LogP contribution in [0.15, 0.2) is 30.3 Å². The topological polar surface area (TPSA) is 32.3 Å². The summed E-state index contributed by atoms with van der Waals surface area (Å²) in [6, 6.07) is 9.48. The molecule has 2 rings (SSSR count). The average Bonchev–Trinajstić information content (AvgIpc) is 2.36. The Morgan fingerprint density at radius 1 is 1.15 bits per heavy atom. The Hall–Kier alpha value is -1.06. The highest BCUT2D eigenvalue weighted by Crippen LogP contribution is 2.39. The molecule has 0 bridgehead atoms. The zero-order chi connectivity index (χ0) is 15.0. The van der Waals surface area contributed by atoms with Crippen molar-refractivity contribution in [2.75, 3.05) is 0 Å². The summed E-state index contributed by atoms with van der Waals surface area (Å²) in [5.74, 6) is -0.00905. The lowest BCUT2D eigenvalue weighted by atomic mass is 9.79. The fraction of sp³-hybridized carbons (Fsp3) is 0.562. The van der Waals surface area contributed by atoms with E-state index in [4.69, 9.17) is 11.8 Å². The van der Waals surface area contributed by atoms with Crippen molar-refractivity contribution in [3.63, 3.8) is 0 Å². The molecule has 1 aliphatic rings. The van der Waals surface area contributed by atoms with Gasteiger partial charge in [0, 0.05) is 22.7 Å². The van der Waals surface area contributed by atoms with Gasteiger partial charge in [-0.3, -0.25) is 4.79 Å². The molecule has 4 heteroatoms. The van der Waals surface area contributed by atoms with Gasteiger partial charge in [0.1, 0.15) is 0 Å². The number of rotatable bonds is 2. The number of amides is 1. The number of carbonyl (C=O) groups is 1. The lowest BCUT2D eigenvalue weighted by Gasteiger charge is -2.51. The van der Waals surface area contributed by atoms with Gasteiger partial charge in [-0.15, -0.1) is 0 Å². The molecule has 1 amide bonds. The minimum Gasteiger partial charge on any atom is -0.349 e. The van der Waals surface area contributed by atoms with Gasteiger partial charge in [-0.25, -0.2) is 4.42 Å². The van der Waals surface area contributed by atoms with Gasteiger partial charge >= 0.3 is 0 Å². The van der Waals surface area contributed by atoms with Gasteiger partial charge in [0.15, 0.2) is 0 Å². The summed E-state index contributed by atoms with van der Waals surface area (Å²) >= 11 is 6.44. The largest absolute Gasteiger partial charge is 0.349 e. The van der Waals surface area contributed by atoms with Crippen LogP contribution in [0.5, 0.6) is 0 Å². The van der Waals surface area contributed by atoms with Crippen LogP contribution in [0.2, 0.25) is 0 Å². The second-order valence-electron chi connectivity index (χ2n) is 6.85. The SMILES string of the molecule is CC1(C)CC(NC(=O)c2ccccc2)CC(C)(C)N1Cl. The molecule has 0 spiro atoms. The number of carbonyl (C=O) groups excluding carboxylic acids is 1. The van der Waals surface area contributed by atoms with Gasteiger partial charge in [-0.1, -0.05) is 18.2 Å². The molecule has 1 aromatic rings. The number of halogens is 1. The van der Waals surface area contributed by atoms with Crippen LogP contribution in [0.25, 0.3) is 0 Å². The molecule has 110 valence electrons. The molecule has 20 heavy (non-hydrogen) atoms. The molecule has 1 N–H and O–H groups in total. The van der Waals surface area contributed by atoms with Gasteiger partial charge in [0.2, 0.25) is 0 Å². The fourth-order valence-electron chi connectivity index (χ4n) is 3.22. The lowest BCUT2D eigenvalue weighted by Crippen LogP contribution is -2.60. The molecule has 1 aliphatic heterocycles. The Bertz CT molecular complexity index is 467. The normalized spacial score (nSPS) is 22.4. The highest BCUT2D eigenvalue weighted by atomic mass is 35.5. The Morgan fingerprint density at radius 2 is 1.65 bits per heavy atom. The Kier molecular flexibility index (Phi) is 4.12. The predicted molar refractivity (Wildman–Crippen MR) is 82.8 cm³/mol. The zero-order valence-corrected chi connectivity index (χ0v) is 13.4. The first-order valence-corrected chi connectivity index (χ1v) is 7.38. The predicted octanol–water partition coefficient (Wildman–Crippen LogP) is 3.59. The van der Waals surface area contributed by atoms with E-state index in [-0.39, 0.29) is 23.0 Å². The minimum absolute atomic E-state index is 0.00905. The van der Waals surface area contributed by atoms with Crippen LogP contribution in [0.1, 0.15) is 50.9 Å². The van der Waals surface area contributed by atoms with Crippen molar-refractivity contribution in [1.82, 2.24) is 9.74 Å². The van der Waals surface area contributed by atoms with Gasteiger partial charge in [0.25, 0.3) is 5.91 Å². The summed E-state index contributed by atoms with van der Waals surface area (Å²) in [5.41, 5.74) is 0.423. The first-order valence-electron chi connectivity index (χ1n) is 7.04. The maximum Gasteiger partial charge on any atom is 0.251 e. The smallest absolute Gasteiger partial charge is 0.251 e. The summed E-state index contributed by atoms with van der Waals surface area (Å²) in [6.07, 6.45) is 1.69. The van der Waals surface area contributed by atoms with Crippen LogP contribution in [0.3, 0.4) is 0 Å². The Balaban J connectivity index is 2.09. The number of benzene rings is 1. The summed E-state index contributed by atoms with van der Waals surface area (Å²) in [7, 11) is 0. The van der Waals surface area contributed by atoms with Crippen LogP contribution >= 0.6 is 11.8 Å². The van der Waals surface area contributed by atoms with Crippen molar-refractivity contribution in [3.8, 4) is 0 Å². The molecule has 1 heterocycles. The van der Waals surface area contributed by atoms with E-state index in [0.717, 1.165) is 12.8 Å². The molecule has 1 saturated heterocycles. The fourth-order valence-corrected chi connectivity index (χ4v) is 3.36. The van der Waals surface area contributed by atoms with Crippen molar-refractivity contribution in [1.29, 1.82) is 0 Å². The summed E-state index contributed by atoms with van der Waals surface area (Å²) < 4.78 is 1.89. The van der Waals surface area contributed by atoms with E-state index in [1.165, 1.54) is 0 Å². The van der Waals surface area contributed by atoms with Crippen LogP contribution in [0.4, 0.5) is 0 Å². The second-order valence-corrected chi connectivity index (χ2v) is 7.19. The summed E-state index contributed by atoms with van der Waals surface area (Å²) in [5, 5.41) is 3.14. The first kappa shape index (κ1) is 15.3. The van der Waals surface area contributed by atoms with Crippen molar-refractivity contribution in [2.45, 2.75) is 57.7 Å². The van der Waals surface area contributed by atoms with Crippen molar-refractivity contribution in [3.05, 3.63) is 35.9 Å². The second kappa shape index (κ2) is 5.38. The van der Waals surface area contributed by atoms with Gasteiger partial charge in [-0.2, -0.15) is 0 Å². The van der Waals surface area contributed by atoms with Crippen molar-refractivity contribution >= 4 is 17.7 Å². The summed E-state index contributed by atoms with van der Waals surface area (Å²) in [6.45, 7) is 8.45. The number of nitrogens with zero attached hydrogens (tertiary/aromatic N) is 1. The van der Waals surface area contributed by atoms with Gasteiger partial charge < -0.3 is 5.32 Å². The van der Waals surface area contributed by atoms with Crippen molar-refractivity contribution < 1.29 is 4.79 Å². The highest BCUT2D eigenvalue weighted by Gasteiger charge is 2.45. The molecule has 3 nitrogen and oxygen atoms in total. The third kappa shape index (κ3) is 3.15. The molecule has 0 unspecified atom stereocenters. The third-order valence-electron chi connectivity index (χ3n) is 3.93. The molecule has 1 fully saturated rings. The molecule has 0 aliphatic carbocycles. The molecule has 1 aromatic carbocycles. The van der Waals surface area contributed by atoms with E-state index in [9.17, 15) is 4.79 Å². The third-order valence-corrected chi connectivity index (χ3v) is 4.84. The van der Waals surface area contributed by atoms with Crippen LogP contribution in [0, 0.1) is 0 Å².